The molecule has 4 aromatic carbocycles. The molecule has 0 aliphatic carbocycles. The van der Waals surface area contributed by atoms with Gasteiger partial charge in [0.1, 0.15) is 36.8 Å². The van der Waals surface area contributed by atoms with Gasteiger partial charge in [-0.15, -0.1) is 0 Å². The molecular formula is C40H37FN4O4. The van der Waals surface area contributed by atoms with Crippen LogP contribution in [0, 0.1) is 5.82 Å². The zero-order chi connectivity index (χ0) is 33.6. The van der Waals surface area contributed by atoms with Crippen LogP contribution in [0.3, 0.4) is 0 Å². The predicted octanol–water partition coefficient (Wildman–Crippen LogP) is 7.62. The Labute approximate surface area is 284 Å². The molecule has 2 aromatic heterocycles. The first-order chi connectivity index (χ1) is 24.1. The van der Waals surface area contributed by atoms with Gasteiger partial charge in [-0.25, -0.2) is 4.39 Å². The summed E-state index contributed by atoms with van der Waals surface area (Å²) in [4.78, 5) is 16.1. The maximum atomic E-state index is 17.0. The Morgan fingerprint density at radius 2 is 1.65 bits per heavy atom. The number of pyridine rings is 1. The van der Waals surface area contributed by atoms with Crippen LogP contribution in [0.25, 0.3) is 39.0 Å². The summed E-state index contributed by atoms with van der Waals surface area (Å²) < 4.78 is 35.5. The van der Waals surface area contributed by atoms with E-state index in [9.17, 15) is 5.11 Å². The molecule has 0 unspecified atom stereocenters. The molecule has 8 nitrogen and oxygen atoms in total. The summed E-state index contributed by atoms with van der Waals surface area (Å²) in [6.45, 7) is 1.82. The molecule has 1 fully saturated rings. The van der Waals surface area contributed by atoms with Crippen molar-refractivity contribution in [2.45, 2.75) is 32.1 Å². The van der Waals surface area contributed by atoms with Crippen molar-refractivity contribution < 1.29 is 23.7 Å². The number of aliphatic hydroxyl groups excluding tert-OH is 1. The van der Waals surface area contributed by atoms with Crippen LogP contribution in [0.1, 0.15) is 29.5 Å². The predicted molar refractivity (Wildman–Crippen MR) is 189 cm³/mol. The minimum atomic E-state index is -0.630. The number of nitrogens with zero attached hydrogens (tertiary/aromatic N) is 4. The first-order valence-electron chi connectivity index (χ1n) is 16.4. The molecule has 0 spiro atoms. The van der Waals surface area contributed by atoms with E-state index >= 15 is 4.39 Å². The van der Waals surface area contributed by atoms with E-state index in [1.54, 1.807) is 18.3 Å². The van der Waals surface area contributed by atoms with Crippen molar-refractivity contribution in [2.24, 2.45) is 0 Å². The van der Waals surface area contributed by atoms with E-state index in [4.69, 9.17) is 14.2 Å². The average molecular weight is 657 g/mol. The molecule has 0 saturated carbocycles. The second-order valence-electron chi connectivity index (χ2n) is 12.1. The topological polar surface area (TPSA) is 89.8 Å². The monoisotopic (exact) mass is 656 g/mol. The van der Waals surface area contributed by atoms with E-state index < -0.39 is 5.82 Å². The molecule has 1 N–H and O–H groups in total. The minimum absolute atomic E-state index is 0.0447. The third-order valence-corrected chi connectivity index (χ3v) is 8.81. The Balaban J connectivity index is 1.34. The number of benzene rings is 4. The molecule has 9 heteroatoms. The molecule has 1 aliphatic rings. The van der Waals surface area contributed by atoms with Gasteiger partial charge in [0.05, 0.1) is 12.0 Å². The van der Waals surface area contributed by atoms with Gasteiger partial charge < -0.3 is 24.2 Å². The zero-order valence-corrected chi connectivity index (χ0v) is 27.3. The Bertz CT molecular complexity index is 2090. The van der Waals surface area contributed by atoms with E-state index in [2.05, 4.69) is 26.9 Å². The van der Waals surface area contributed by atoms with E-state index in [-0.39, 0.29) is 42.4 Å². The van der Waals surface area contributed by atoms with Gasteiger partial charge in [-0.1, -0.05) is 91.0 Å². The van der Waals surface area contributed by atoms with E-state index in [1.165, 1.54) is 0 Å². The third-order valence-electron chi connectivity index (χ3n) is 8.81. The first-order valence-corrected chi connectivity index (χ1v) is 16.4. The molecule has 1 atom stereocenters. The number of rotatable bonds is 12. The van der Waals surface area contributed by atoms with Crippen molar-refractivity contribution >= 4 is 27.8 Å². The lowest BCUT2D eigenvalue weighted by molar-refractivity contribution is 0.185. The van der Waals surface area contributed by atoms with Gasteiger partial charge >= 0.3 is 6.01 Å². The summed E-state index contributed by atoms with van der Waals surface area (Å²) in [5.74, 6) is 0.128. The van der Waals surface area contributed by atoms with Crippen molar-refractivity contribution in [3.05, 3.63) is 126 Å². The average Bonchev–Trinajstić information content (AvgIpc) is 3.56. The van der Waals surface area contributed by atoms with Crippen molar-refractivity contribution in [1.82, 2.24) is 19.9 Å². The molecule has 7 rings (SSSR count). The molecule has 1 saturated heterocycles. The van der Waals surface area contributed by atoms with Crippen LogP contribution < -0.4 is 14.2 Å². The highest BCUT2D eigenvalue weighted by Gasteiger charge is 2.24. The molecule has 0 amide bonds. The van der Waals surface area contributed by atoms with Crippen molar-refractivity contribution in [3.8, 4) is 28.9 Å². The molecular weight excluding hydrogens is 619 g/mol. The van der Waals surface area contributed by atoms with Crippen molar-refractivity contribution in [2.75, 3.05) is 26.8 Å². The summed E-state index contributed by atoms with van der Waals surface area (Å²) in [6.07, 6.45) is 7.12. The molecule has 248 valence electrons. The van der Waals surface area contributed by atoms with Gasteiger partial charge in [-0.05, 0) is 66.0 Å². The van der Waals surface area contributed by atoms with Crippen molar-refractivity contribution in [1.29, 1.82) is 0 Å². The van der Waals surface area contributed by atoms with E-state index in [0.717, 1.165) is 46.8 Å². The van der Waals surface area contributed by atoms with Gasteiger partial charge in [-0.2, -0.15) is 9.97 Å². The summed E-state index contributed by atoms with van der Waals surface area (Å²) >= 11 is 0. The fraction of sp³-hybridized carbons (Fsp3) is 0.225. The second-order valence-corrected chi connectivity index (χ2v) is 12.1. The van der Waals surface area contributed by atoms with Crippen LogP contribution in [-0.2, 0) is 13.2 Å². The smallest absolute Gasteiger partial charge is 0.320 e. The van der Waals surface area contributed by atoms with Gasteiger partial charge in [-0.3, -0.25) is 4.98 Å². The quantitative estimate of drug-likeness (QED) is 0.144. The molecule has 6 aromatic rings. The standard InChI is InChI=1S/C40H37FN4O4/c1-45-19-9-18-31(45)26-49-40-43-38-34(39(44-40)48-25-28-13-6-3-7-14-28)23-42-37(36(38)41)33-22-32(47-24-27-11-4-2-5-12-27)21-30-16-8-15-29(35(30)33)17-10-20-46/h2-8,10-17,21-23,31,46H,9,18-20,24-26H2,1H3/b17-10+/t31-/m0/s1. The van der Waals surface area contributed by atoms with E-state index in [0.29, 0.717) is 29.9 Å². The SMILES string of the molecule is CN1CCC[C@H]1COc1nc(OCc2ccccc2)c2cnc(-c3cc(OCc4ccccc4)cc4cccc(/C=C/CO)c34)c(F)c2n1. The number of aromatic nitrogens is 3. The van der Waals surface area contributed by atoms with Gasteiger partial charge in [0.25, 0.3) is 0 Å². The molecule has 0 bridgehead atoms. The van der Waals surface area contributed by atoms with Gasteiger partial charge in [0, 0.05) is 17.8 Å². The van der Waals surface area contributed by atoms with Crippen LogP contribution in [0.15, 0.2) is 103 Å². The van der Waals surface area contributed by atoms with Gasteiger partial charge in [0.15, 0.2) is 5.82 Å². The maximum Gasteiger partial charge on any atom is 0.320 e. The van der Waals surface area contributed by atoms with Crippen LogP contribution in [-0.4, -0.2) is 57.8 Å². The second kappa shape index (κ2) is 14.8. The normalized spacial score (nSPS) is 15.0. The summed E-state index contributed by atoms with van der Waals surface area (Å²) in [6, 6.07) is 29.4. The lowest BCUT2D eigenvalue weighted by Crippen LogP contribution is -2.30. The van der Waals surface area contributed by atoms with Crippen LogP contribution in [0.2, 0.25) is 0 Å². The summed E-state index contributed by atoms with van der Waals surface area (Å²) in [5.41, 5.74) is 3.42. The fourth-order valence-corrected chi connectivity index (χ4v) is 6.22. The zero-order valence-electron chi connectivity index (χ0n) is 27.3. The molecule has 3 heterocycles. The van der Waals surface area contributed by atoms with Crippen LogP contribution in [0.4, 0.5) is 4.39 Å². The Morgan fingerprint density at radius 1 is 0.898 bits per heavy atom. The number of likely N-dealkylation sites (tertiary alicyclic amines) is 1. The number of fused-ring (bicyclic) bond motifs is 2. The maximum absolute atomic E-state index is 17.0. The lowest BCUT2D eigenvalue weighted by atomic mass is 9.95. The highest BCUT2D eigenvalue weighted by Crippen LogP contribution is 2.39. The molecule has 0 radical (unpaired) electrons. The first kappa shape index (κ1) is 32.2. The number of hydrogen-bond acceptors (Lipinski definition) is 8. The number of aliphatic hydroxyl groups is 1. The van der Waals surface area contributed by atoms with Crippen molar-refractivity contribution in [3.63, 3.8) is 0 Å². The van der Waals surface area contributed by atoms with Gasteiger partial charge in [0.2, 0.25) is 5.88 Å². The molecule has 1 aliphatic heterocycles. The fourth-order valence-electron chi connectivity index (χ4n) is 6.22. The Hall–Kier alpha value is -5.38. The Morgan fingerprint density at radius 3 is 2.37 bits per heavy atom. The molecule has 49 heavy (non-hydrogen) atoms. The summed E-state index contributed by atoms with van der Waals surface area (Å²) in [5, 5.41) is 11.5. The highest BCUT2D eigenvalue weighted by atomic mass is 19.1. The lowest BCUT2D eigenvalue weighted by Gasteiger charge is -2.19. The van der Waals surface area contributed by atoms with Crippen LogP contribution in [0.5, 0.6) is 17.6 Å². The number of halogens is 1. The number of hydrogen-bond donors (Lipinski definition) is 1. The third kappa shape index (κ3) is 7.23. The van der Waals surface area contributed by atoms with E-state index in [1.807, 2.05) is 91.0 Å². The largest absolute Gasteiger partial charge is 0.489 e. The minimum Gasteiger partial charge on any atom is -0.489 e. The number of likely N-dealkylation sites (N-methyl/N-ethyl adjacent to an activating group) is 1. The Kier molecular flexibility index (Phi) is 9.72. The summed E-state index contributed by atoms with van der Waals surface area (Å²) in [7, 11) is 2.07. The number of ether oxygens (including phenoxy) is 3. The highest BCUT2D eigenvalue weighted by molar-refractivity contribution is 6.03. The van der Waals surface area contributed by atoms with Crippen LogP contribution >= 0.6 is 0 Å².